The van der Waals surface area contributed by atoms with E-state index in [9.17, 15) is 4.39 Å². The zero-order valence-electron chi connectivity index (χ0n) is 21.9. The highest BCUT2D eigenvalue weighted by atomic mass is 19.1. The van der Waals surface area contributed by atoms with E-state index in [1.165, 1.54) is 57.6 Å². The number of fused-ring (bicyclic) bond motifs is 1. The van der Waals surface area contributed by atoms with Crippen LogP contribution in [0.3, 0.4) is 0 Å². The Hall–Kier alpha value is -1.20. The second-order valence-electron chi connectivity index (χ2n) is 11.6. The Bertz CT molecular complexity index is 784. The number of hydrogen-bond donors (Lipinski definition) is 0. The summed E-state index contributed by atoms with van der Waals surface area (Å²) in [6, 6.07) is 1.62. The summed E-state index contributed by atoms with van der Waals surface area (Å²) in [5.41, 5.74) is 0.241. The van der Waals surface area contributed by atoms with E-state index in [1.54, 1.807) is 12.3 Å². The zero-order valence-corrected chi connectivity index (χ0v) is 21.9. The molecule has 5 heteroatoms. The molecule has 1 aromatic heterocycles. The van der Waals surface area contributed by atoms with E-state index in [-0.39, 0.29) is 22.9 Å². The molecule has 1 unspecified atom stereocenters. The molecule has 0 amide bonds. The molecule has 0 radical (unpaired) electrons. The van der Waals surface area contributed by atoms with Crippen molar-refractivity contribution in [1.29, 1.82) is 0 Å². The summed E-state index contributed by atoms with van der Waals surface area (Å²) < 4.78 is 33.1. The summed E-state index contributed by atoms with van der Waals surface area (Å²) in [6.45, 7) is 10.9. The third kappa shape index (κ3) is 5.16. The van der Waals surface area contributed by atoms with Gasteiger partial charge in [-0.15, -0.1) is 0 Å². The molecule has 4 rings (SSSR count). The number of unbranched alkanes of at least 4 members (excludes halogenated alkanes) is 1. The smallest absolute Gasteiger partial charge is 0.183 e. The summed E-state index contributed by atoms with van der Waals surface area (Å²) in [5, 5.41) is 0. The van der Waals surface area contributed by atoms with Crippen LogP contribution in [0.25, 0.3) is 0 Å². The molecule has 192 valence electrons. The molecular weight excluding hydrogens is 429 g/mol. The third-order valence-corrected chi connectivity index (χ3v) is 9.65. The zero-order chi connectivity index (χ0) is 24.2. The first-order valence-electron chi connectivity index (χ1n) is 13.9. The summed E-state index contributed by atoms with van der Waals surface area (Å²) >= 11 is 0. The van der Waals surface area contributed by atoms with Gasteiger partial charge >= 0.3 is 0 Å². The SMILES string of the molecule is CCCCC1[C@]2(C)CO[C@@H](C3CCCC3)O[C@@H]2CC[C@@]1(C)[C@@H](CC)CCOc1ccncc1F. The minimum absolute atomic E-state index is 0.00221. The van der Waals surface area contributed by atoms with Crippen LogP contribution < -0.4 is 4.74 Å². The van der Waals surface area contributed by atoms with E-state index in [0.29, 0.717) is 36.2 Å². The van der Waals surface area contributed by atoms with Gasteiger partial charge in [0.2, 0.25) is 0 Å². The van der Waals surface area contributed by atoms with E-state index in [1.807, 2.05) is 0 Å². The van der Waals surface area contributed by atoms with Gasteiger partial charge in [0, 0.05) is 23.6 Å². The van der Waals surface area contributed by atoms with Gasteiger partial charge in [0.15, 0.2) is 17.9 Å². The molecule has 34 heavy (non-hydrogen) atoms. The van der Waals surface area contributed by atoms with Gasteiger partial charge in [-0.3, -0.25) is 4.98 Å². The lowest BCUT2D eigenvalue weighted by Gasteiger charge is -2.61. The number of pyridine rings is 1. The molecule has 2 heterocycles. The van der Waals surface area contributed by atoms with Gasteiger partial charge in [0.1, 0.15) is 0 Å². The number of aromatic nitrogens is 1. The normalized spacial score (nSPS) is 35.1. The maximum Gasteiger partial charge on any atom is 0.183 e. The lowest BCUT2D eigenvalue weighted by atomic mass is 9.49. The van der Waals surface area contributed by atoms with Crippen LogP contribution in [0.2, 0.25) is 0 Å². The molecule has 3 aliphatic rings. The van der Waals surface area contributed by atoms with Crippen LogP contribution in [0.15, 0.2) is 18.5 Å². The maximum atomic E-state index is 14.0. The average Bonchev–Trinajstić information content (AvgIpc) is 3.37. The van der Waals surface area contributed by atoms with E-state index in [4.69, 9.17) is 14.2 Å². The van der Waals surface area contributed by atoms with Gasteiger partial charge in [-0.25, -0.2) is 4.39 Å². The van der Waals surface area contributed by atoms with E-state index in [0.717, 1.165) is 25.9 Å². The van der Waals surface area contributed by atoms with Crippen molar-refractivity contribution in [3.05, 3.63) is 24.3 Å². The average molecular weight is 476 g/mol. The van der Waals surface area contributed by atoms with Gasteiger partial charge in [0.25, 0.3) is 0 Å². The lowest BCUT2D eigenvalue weighted by molar-refractivity contribution is -0.315. The van der Waals surface area contributed by atoms with Gasteiger partial charge in [-0.2, -0.15) is 0 Å². The molecule has 1 saturated heterocycles. The quantitative estimate of drug-likeness (QED) is 0.350. The molecular formula is C29H46FNO3. The van der Waals surface area contributed by atoms with Crippen LogP contribution in [0, 0.1) is 34.4 Å². The molecule has 1 aliphatic heterocycles. The van der Waals surface area contributed by atoms with E-state index in [2.05, 4.69) is 32.7 Å². The van der Waals surface area contributed by atoms with Crippen LogP contribution in [0.1, 0.15) is 98.3 Å². The van der Waals surface area contributed by atoms with Crippen molar-refractivity contribution in [1.82, 2.24) is 4.98 Å². The summed E-state index contributed by atoms with van der Waals surface area (Å²) in [7, 11) is 0. The number of halogens is 1. The van der Waals surface area contributed by atoms with Gasteiger partial charge in [-0.05, 0) is 55.8 Å². The monoisotopic (exact) mass is 475 g/mol. The van der Waals surface area contributed by atoms with Crippen LogP contribution in [-0.2, 0) is 9.47 Å². The molecule has 3 fully saturated rings. The van der Waals surface area contributed by atoms with E-state index >= 15 is 0 Å². The predicted molar refractivity (Wildman–Crippen MR) is 133 cm³/mol. The fraction of sp³-hybridized carbons (Fsp3) is 0.828. The highest BCUT2D eigenvalue weighted by molar-refractivity contribution is 5.19. The molecule has 0 bridgehead atoms. The number of rotatable bonds is 10. The standard InChI is InChI=1S/C29H46FNO3/c1-5-7-12-25-28(3,22(6-2)15-18-32-24-14-17-31-19-23(24)30)16-13-26-29(25,4)20-33-27(34-26)21-10-8-9-11-21/h14,17,19,21-22,25-27H,5-13,15-16,18,20H2,1-4H3/t22-,25?,26+,27+,28-,29-/m0/s1. The van der Waals surface area contributed by atoms with Crippen LogP contribution in [0.5, 0.6) is 5.75 Å². The largest absolute Gasteiger partial charge is 0.490 e. The van der Waals surface area contributed by atoms with Gasteiger partial charge in [-0.1, -0.05) is 59.8 Å². The Labute approximate surface area is 206 Å². The molecule has 0 spiro atoms. The third-order valence-electron chi connectivity index (χ3n) is 9.65. The fourth-order valence-electron chi connectivity index (χ4n) is 7.63. The van der Waals surface area contributed by atoms with Crippen molar-refractivity contribution in [2.75, 3.05) is 13.2 Å². The highest BCUT2D eigenvalue weighted by Gasteiger charge is 2.58. The molecule has 0 aromatic carbocycles. The topological polar surface area (TPSA) is 40.6 Å². The van der Waals surface area contributed by atoms with Crippen molar-refractivity contribution in [2.45, 2.75) is 111 Å². The molecule has 2 aliphatic carbocycles. The van der Waals surface area contributed by atoms with Gasteiger partial charge < -0.3 is 14.2 Å². The number of nitrogens with zero attached hydrogens (tertiary/aromatic N) is 1. The first-order chi connectivity index (χ1) is 16.4. The Balaban J connectivity index is 1.48. The molecule has 6 atom stereocenters. The van der Waals surface area contributed by atoms with Crippen LogP contribution in [-0.4, -0.2) is 30.6 Å². The minimum atomic E-state index is -0.385. The van der Waals surface area contributed by atoms with Crippen molar-refractivity contribution < 1.29 is 18.6 Å². The Kier molecular flexibility index (Phi) is 8.56. The molecule has 4 nitrogen and oxygen atoms in total. The number of ether oxygens (including phenoxy) is 3. The molecule has 1 aromatic rings. The first kappa shape index (κ1) is 25.9. The second kappa shape index (κ2) is 11.2. The molecule has 0 N–H and O–H groups in total. The van der Waals surface area contributed by atoms with Crippen molar-refractivity contribution in [2.24, 2.45) is 28.6 Å². The summed E-state index contributed by atoms with van der Waals surface area (Å²) in [4.78, 5) is 3.82. The molecule has 2 saturated carbocycles. The Morgan fingerprint density at radius 2 is 2.00 bits per heavy atom. The van der Waals surface area contributed by atoms with Crippen molar-refractivity contribution >= 4 is 0 Å². The second-order valence-corrected chi connectivity index (χ2v) is 11.6. The van der Waals surface area contributed by atoms with Crippen molar-refractivity contribution in [3.63, 3.8) is 0 Å². The maximum absolute atomic E-state index is 14.0. The Morgan fingerprint density at radius 1 is 1.21 bits per heavy atom. The van der Waals surface area contributed by atoms with Gasteiger partial charge in [0.05, 0.1) is 25.5 Å². The van der Waals surface area contributed by atoms with E-state index < -0.39 is 0 Å². The highest BCUT2D eigenvalue weighted by Crippen LogP contribution is 2.60. The number of hydrogen-bond acceptors (Lipinski definition) is 4. The first-order valence-corrected chi connectivity index (χ1v) is 13.9. The lowest BCUT2D eigenvalue weighted by Crippen LogP contribution is -2.60. The van der Waals surface area contributed by atoms with Crippen LogP contribution >= 0.6 is 0 Å². The summed E-state index contributed by atoms with van der Waals surface area (Å²) in [5.74, 6) is 1.57. The minimum Gasteiger partial charge on any atom is -0.490 e. The fourth-order valence-corrected chi connectivity index (χ4v) is 7.63. The Morgan fingerprint density at radius 3 is 2.71 bits per heavy atom. The predicted octanol–water partition coefficient (Wildman–Crippen LogP) is 7.56. The summed E-state index contributed by atoms with van der Waals surface area (Å²) in [6.07, 6.45) is 16.2. The van der Waals surface area contributed by atoms with Crippen molar-refractivity contribution in [3.8, 4) is 5.75 Å². The van der Waals surface area contributed by atoms with Crippen LogP contribution in [0.4, 0.5) is 4.39 Å².